The number of hydrogen-bond acceptors (Lipinski definition) is 10. The number of hydrogen-bond donors (Lipinski definition) is 9. The number of amides is 5. The monoisotopic (exact) mass is 568 g/mol. The fraction of sp³-hybridized carbons (Fsp3) is 0.478. The van der Waals surface area contributed by atoms with Crippen molar-refractivity contribution in [3.63, 3.8) is 0 Å². The number of aliphatic hydroxyl groups is 1. The summed E-state index contributed by atoms with van der Waals surface area (Å²) in [6, 6.07) is -0.918. The van der Waals surface area contributed by atoms with E-state index in [9.17, 15) is 44.1 Å². The topological polar surface area (TPSA) is 263 Å². The van der Waals surface area contributed by atoms with Crippen molar-refractivity contribution in [2.75, 3.05) is 12.4 Å². The van der Waals surface area contributed by atoms with Gasteiger partial charge in [0.2, 0.25) is 29.5 Å². The third-order valence-electron chi connectivity index (χ3n) is 5.73. The molecule has 11 N–H and O–H groups in total. The van der Waals surface area contributed by atoms with E-state index in [0.29, 0.717) is 5.56 Å². The van der Waals surface area contributed by atoms with Crippen LogP contribution in [0.1, 0.15) is 18.9 Å². The number of phenols is 1. The number of phenolic OH excluding ortho intramolecular Hbond substituents is 1. The van der Waals surface area contributed by atoms with Crippen molar-refractivity contribution < 1.29 is 44.1 Å². The summed E-state index contributed by atoms with van der Waals surface area (Å²) in [6.07, 6.45) is -0.678. The number of aliphatic hydroxyl groups excluding tert-OH is 1. The number of carbonyl (C=O) groups excluding carboxylic acids is 5. The van der Waals surface area contributed by atoms with Gasteiger partial charge in [0.05, 0.1) is 25.1 Å². The highest BCUT2D eigenvalue weighted by atomic mass is 32.2. The molecule has 2 rings (SSSR count). The van der Waals surface area contributed by atoms with Crippen molar-refractivity contribution in [1.29, 1.82) is 0 Å². The highest BCUT2D eigenvalue weighted by Gasteiger charge is 2.35. The largest absolute Gasteiger partial charge is 0.508 e. The van der Waals surface area contributed by atoms with Crippen LogP contribution in [0.5, 0.6) is 5.75 Å². The highest BCUT2D eigenvalue weighted by molar-refractivity contribution is 8.00. The molecule has 1 fully saturated rings. The van der Waals surface area contributed by atoms with Crippen molar-refractivity contribution in [2.45, 2.75) is 55.2 Å². The molecule has 1 aromatic rings. The maximum absolute atomic E-state index is 13.2. The Labute approximate surface area is 227 Å². The van der Waals surface area contributed by atoms with Crippen molar-refractivity contribution in [2.24, 2.45) is 11.5 Å². The second-order valence-corrected chi connectivity index (χ2v) is 10.1. The number of carbonyl (C=O) groups is 6. The first-order valence-corrected chi connectivity index (χ1v) is 12.9. The summed E-state index contributed by atoms with van der Waals surface area (Å²) in [7, 11) is 0. The van der Waals surface area contributed by atoms with E-state index < -0.39 is 84.0 Å². The van der Waals surface area contributed by atoms with E-state index in [0.717, 1.165) is 11.8 Å². The van der Waals surface area contributed by atoms with E-state index in [1.54, 1.807) is 0 Å². The zero-order chi connectivity index (χ0) is 29.3. The maximum Gasteiger partial charge on any atom is 0.318 e. The molecular weight excluding hydrogens is 536 g/mol. The molecule has 2 unspecified atom stereocenters. The molecule has 214 valence electrons. The van der Waals surface area contributed by atoms with E-state index in [1.807, 2.05) is 0 Å². The first-order chi connectivity index (χ1) is 18.3. The average Bonchev–Trinajstić information content (AvgIpc) is 2.86. The lowest BCUT2D eigenvalue weighted by molar-refractivity contribution is -0.138. The van der Waals surface area contributed by atoms with Crippen molar-refractivity contribution in [1.82, 2.24) is 21.3 Å². The zero-order valence-corrected chi connectivity index (χ0v) is 21.8. The number of nitrogens with one attached hydrogen (secondary N) is 4. The Kier molecular flexibility index (Phi) is 11.5. The molecule has 16 heteroatoms. The van der Waals surface area contributed by atoms with Crippen molar-refractivity contribution in [3.05, 3.63) is 29.8 Å². The van der Waals surface area contributed by atoms with Gasteiger partial charge in [0.25, 0.3) is 0 Å². The van der Waals surface area contributed by atoms with Gasteiger partial charge in [-0.05, 0) is 31.0 Å². The van der Waals surface area contributed by atoms with Crippen LogP contribution in [0.25, 0.3) is 0 Å². The molecular formula is C23H32N6O9S. The van der Waals surface area contributed by atoms with E-state index in [4.69, 9.17) is 11.5 Å². The van der Waals surface area contributed by atoms with Gasteiger partial charge in [-0.1, -0.05) is 12.1 Å². The Balaban J connectivity index is 2.48. The number of carboxylic acids is 1. The van der Waals surface area contributed by atoms with E-state index in [1.165, 1.54) is 31.2 Å². The quantitative estimate of drug-likeness (QED) is 0.161. The average molecular weight is 569 g/mol. The van der Waals surface area contributed by atoms with Gasteiger partial charge >= 0.3 is 5.97 Å². The van der Waals surface area contributed by atoms with Crippen molar-refractivity contribution >= 4 is 47.3 Å². The van der Waals surface area contributed by atoms with Gasteiger partial charge in [-0.15, -0.1) is 11.8 Å². The van der Waals surface area contributed by atoms with Crippen LogP contribution < -0.4 is 32.7 Å². The number of primary amides is 1. The van der Waals surface area contributed by atoms with Crippen LogP contribution >= 0.6 is 11.8 Å². The zero-order valence-electron chi connectivity index (χ0n) is 21.0. The number of nitrogens with two attached hydrogens (primary N) is 2. The Morgan fingerprint density at radius 1 is 0.949 bits per heavy atom. The van der Waals surface area contributed by atoms with Crippen LogP contribution in [-0.4, -0.2) is 98.6 Å². The third-order valence-corrected chi connectivity index (χ3v) is 7.17. The van der Waals surface area contributed by atoms with Crippen LogP contribution in [0.2, 0.25) is 0 Å². The highest BCUT2D eigenvalue weighted by Crippen LogP contribution is 2.21. The first kappa shape index (κ1) is 31.3. The minimum absolute atomic E-state index is 0.0337. The number of aliphatic carboxylic acids is 1. The van der Waals surface area contributed by atoms with Gasteiger partial charge in [-0.3, -0.25) is 28.8 Å². The molecule has 39 heavy (non-hydrogen) atoms. The molecule has 0 saturated carbocycles. The maximum atomic E-state index is 13.2. The molecule has 1 aliphatic heterocycles. The lowest BCUT2D eigenvalue weighted by Crippen LogP contribution is -2.60. The number of benzene rings is 1. The summed E-state index contributed by atoms with van der Waals surface area (Å²) in [5, 5.41) is 37.1. The summed E-state index contributed by atoms with van der Waals surface area (Å²) < 4.78 is 0. The van der Waals surface area contributed by atoms with Crippen LogP contribution in [0.3, 0.4) is 0 Å². The molecule has 6 atom stereocenters. The number of thioether (sulfide) groups is 1. The molecule has 5 amide bonds. The normalized spacial score (nSPS) is 27.5. The fourth-order valence-electron chi connectivity index (χ4n) is 3.61. The van der Waals surface area contributed by atoms with Gasteiger partial charge < -0.3 is 48.1 Å². The Bertz CT molecular complexity index is 1090. The Hall–Kier alpha value is -3.89. The molecule has 0 aliphatic carbocycles. The minimum Gasteiger partial charge on any atom is -0.508 e. The smallest absolute Gasteiger partial charge is 0.318 e. The predicted octanol–water partition coefficient (Wildman–Crippen LogP) is -3.71. The number of rotatable bonds is 6. The summed E-state index contributed by atoms with van der Waals surface area (Å²) >= 11 is 0.744. The Morgan fingerprint density at radius 2 is 1.54 bits per heavy atom. The molecule has 1 saturated heterocycles. The molecule has 0 bridgehead atoms. The number of aromatic hydroxyl groups is 1. The SMILES string of the molecule is C[C@@H]1NC(=O)C(CO)NC(=O)[C@@H](N)CSC(C(=O)O)[C@@H](Cc2ccc(O)cc2)NC(=O)[C@H](CC(N)=O)NC1=O. The predicted molar refractivity (Wildman–Crippen MR) is 138 cm³/mol. The summed E-state index contributed by atoms with van der Waals surface area (Å²) in [4.78, 5) is 74.9. The molecule has 15 nitrogen and oxygen atoms in total. The van der Waals surface area contributed by atoms with E-state index >= 15 is 0 Å². The second kappa shape index (κ2) is 14.3. The van der Waals surface area contributed by atoms with Gasteiger partial charge in [0.1, 0.15) is 29.1 Å². The molecule has 1 heterocycles. The molecule has 0 aromatic heterocycles. The lowest BCUT2D eigenvalue weighted by atomic mass is 10.0. The summed E-state index contributed by atoms with van der Waals surface area (Å²) in [6.45, 7) is 0.438. The van der Waals surface area contributed by atoms with Crippen LogP contribution in [0.4, 0.5) is 0 Å². The van der Waals surface area contributed by atoms with Crippen LogP contribution in [0.15, 0.2) is 24.3 Å². The minimum atomic E-state index is -1.51. The van der Waals surface area contributed by atoms with Gasteiger partial charge in [0.15, 0.2) is 0 Å². The molecule has 1 aliphatic rings. The van der Waals surface area contributed by atoms with E-state index in [2.05, 4.69) is 21.3 Å². The van der Waals surface area contributed by atoms with Crippen LogP contribution in [0, 0.1) is 0 Å². The van der Waals surface area contributed by atoms with Gasteiger partial charge in [-0.2, -0.15) is 0 Å². The van der Waals surface area contributed by atoms with Crippen molar-refractivity contribution in [3.8, 4) is 5.75 Å². The second-order valence-electron chi connectivity index (χ2n) is 8.89. The molecule has 0 radical (unpaired) electrons. The standard InChI is InChI=1S/C23H32N6O9S/c1-10-19(33)28-15(7-17(25)32)21(35)27-14(6-11-2-4-12(31)5-3-11)18(23(37)38)39-9-13(24)20(34)29-16(8-30)22(36)26-10/h2-5,10,13-16,18,30-31H,6-9,24H2,1H3,(H2,25,32)(H,26,36)(H,27,35)(H,28,33)(H,29,34)(H,37,38)/t10-,13-,14+,15-,16?,18?/m0/s1. The van der Waals surface area contributed by atoms with Gasteiger partial charge in [-0.25, -0.2) is 0 Å². The fourth-order valence-corrected chi connectivity index (χ4v) is 4.71. The molecule has 0 spiro atoms. The summed E-state index contributed by atoms with van der Waals surface area (Å²) in [5.41, 5.74) is 11.7. The van der Waals surface area contributed by atoms with Crippen LogP contribution in [-0.2, 0) is 35.2 Å². The first-order valence-electron chi connectivity index (χ1n) is 11.8. The van der Waals surface area contributed by atoms with Gasteiger partial charge in [0, 0.05) is 5.75 Å². The van der Waals surface area contributed by atoms with E-state index in [-0.39, 0.29) is 17.9 Å². The Morgan fingerprint density at radius 3 is 2.10 bits per heavy atom. The third kappa shape index (κ3) is 9.42. The number of carboxylic acid groups (broad SMARTS) is 1. The molecule has 1 aromatic carbocycles. The lowest BCUT2D eigenvalue weighted by Gasteiger charge is -2.29. The summed E-state index contributed by atoms with van der Waals surface area (Å²) in [5.74, 6) is -6.16.